The summed E-state index contributed by atoms with van der Waals surface area (Å²) in [5, 5.41) is 7.00. The summed E-state index contributed by atoms with van der Waals surface area (Å²) in [6.45, 7) is 1.72. The molecule has 1 N–H and O–H groups in total. The third-order valence-electron chi connectivity index (χ3n) is 9.37. The molecular weight excluding hydrogens is 737 g/mol. The molecule has 1 aliphatic rings. The van der Waals surface area contributed by atoms with E-state index in [9.17, 15) is 18.7 Å². The maximum Gasteiger partial charge on any atom is 0.296 e. The molecule has 1 amide bonds. The van der Waals surface area contributed by atoms with Gasteiger partial charge in [-0.1, -0.05) is 102 Å². The minimum atomic E-state index is -4.16. The van der Waals surface area contributed by atoms with Crippen LogP contribution in [0.1, 0.15) is 39.7 Å². The highest BCUT2D eigenvalue weighted by Crippen LogP contribution is 2.45. The molecule has 6 aromatic rings. The Morgan fingerprint density at radius 3 is 2.25 bits per heavy atom. The van der Waals surface area contributed by atoms with E-state index in [-0.39, 0.29) is 54.7 Å². The van der Waals surface area contributed by atoms with Crippen LogP contribution in [-0.4, -0.2) is 64.8 Å². The third-order valence-corrected chi connectivity index (χ3v) is 10.7. The van der Waals surface area contributed by atoms with E-state index >= 15 is 0 Å². The average Bonchev–Trinajstić information content (AvgIpc) is 3.78. The zero-order valence-electron chi connectivity index (χ0n) is 30.3. The molecule has 56 heavy (non-hydrogen) atoms. The number of amides is 1. The Labute approximate surface area is 323 Å². The van der Waals surface area contributed by atoms with Crippen molar-refractivity contribution in [1.29, 1.82) is 0 Å². The van der Waals surface area contributed by atoms with Crippen LogP contribution in [0.3, 0.4) is 0 Å². The van der Waals surface area contributed by atoms with Gasteiger partial charge in [0.15, 0.2) is 17.0 Å². The smallest absolute Gasteiger partial charge is 0.296 e. The number of aryl methyl sites for hydroxylation is 1. The van der Waals surface area contributed by atoms with Crippen molar-refractivity contribution in [2.24, 2.45) is 5.11 Å². The minimum Gasteiger partial charge on any atom is -0.374 e. The van der Waals surface area contributed by atoms with Crippen LogP contribution in [-0.2, 0) is 41.7 Å². The first-order valence-corrected chi connectivity index (χ1v) is 19.2. The van der Waals surface area contributed by atoms with E-state index in [2.05, 4.69) is 30.3 Å². The van der Waals surface area contributed by atoms with Gasteiger partial charge in [0.2, 0.25) is 0 Å². The topological polar surface area (TPSA) is 193 Å². The maximum absolute atomic E-state index is 13.3. The number of carbonyl (C=O) groups is 1. The van der Waals surface area contributed by atoms with Gasteiger partial charge in [0.25, 0.3) is 16.0 Å². The zero-order valence-corrected chi connectivity index (χ0v) is 31.1. The molecule has 15 nitrogen and oxygen atoms in total. The summed E-state index contributed by atoms with van der Waals surface area (Å²) in [5.74, 6) is -0.237. The quantitative estimate of drug-likeness (QED) is 0.0467. The zero-order chi connectivity index (χ0) is 39.0. The minimum absolute atomic E-state index is 0.00579. The van der Waals surface area contributed by atoms with Gasteiger partial charge in [-0.15, -0.1) is 0 Å². The summed E-state index contributed by atoms with van der Waals surface area (Å²) < 4.78 is 53.7. The average molecular weight is 775 g/mol. The molecule has 1 saturated heterocycles. The Balaban J connectivity index is 1.25. The van der Waals surface area contributed by atoms with Crippen LogP contribution in [0.15, 0.2) is 138 Å². The van der Waals surface area contributed by atoms with Crippen LogP contribution in [0, 0.1) is 6.92 Å². The van der Waals surface area contributed by atoms with Crippen molar-refractivity contribution >= 4 is 33.0 Å². The molecule has 4 aromatic carbocycles. The molecule has 0 saturated carbocycles. The lowest BCUT2D eigenvalue weighted by atomic mass is 9.91. The van der Waals surface area contributed by atoms with E-state index in [1.54, 1.807) is 41.0 Å². The molecule has 0 unspecified atom stereocenters. The van der Waals surface area contributed by atoms with Gasteiger partial charge in [-0.2, -0.15) is 8.42 Å². The highest BCUT2D eigenvalue weighted by atomic mass is 32.2. The fourth-order valence-electron chi connectivity index (χ4n) is 6.55. The first-order valence-electron chi connectivity index (χ1n) is 17.8. The molecule has 0 radical (unpaired) electrons. The second-order valence-electron chi connectivity index (χ2n) is 13.2. The number of nitrogens with zero attached hydrogens (tertiary/aromatic N) is 7. The van der Waals surface area contributed by atoms with Crippen molar-refractivity contribution in [3.63, 3.8) is 0 Å². The molecule has 16 heteroatoms. The number of nitrogens with one attached hydrogen (secondary N) is 1. The molecule has 0 spiro atoms. The van der Waals surface area contributed by atoms with E-state index < -0.39 is 40.0 Å². The van der Waals surface area contributed by atoms with E-state index in [0.29, 0.717) is 5.56 Å². The first-order chi connectivity index (χ1) is 27.3. The highest BCUT2D eigenvalue weighted by Gasteiger charge is 2.57. The fourth-order valence-corrected chi connectivity index (χ4v) is 7.46. The number of anilines is 1. The number of hydrogen-bond acceptors (Lipinski definition) is 11. The van der Waals surface area contributed by atoms with Crippen molar-refractivity contribution in [3.8, 4) is 0 Å². The number of hydrogen-bond donors (Lipinski definition) is 1. The van der Waals surface area contributed by atoms with Gasteiger partial charge in [0.05, 0.1) is 37.7 Å². The van der Waals surface area contributed by atoms with Crippen LogP contribution in [0.5, 0.6) is 0 Å². The lowest BCUT2D eigenvalue weighted by Crippen LogP contribution is -2.49. The summed E-state index contributed by atoms with van der Waals surface area (Å²) >= 11 is 0. The van der Waals surface area contributed by atoms with Gasteiger partial charge in [0, 0.05) is 16.9 Å². The molecule has 4 atom stereocenters. The predicted molar refractivity (Wildman–Crippen MR) is 206 cm³/mol. The van der Waals surface area contributed by atoms with Crippen molar-refractivity contribution < 1.29 is 31.6 Å². The van der Waals surface area contributed by atoms with Crippen LogP contribution < -0.4 is 5.32 Å². The van der Waals surface area contributed by atoms with E-state index in [1.165, 1.54) is 24.8 Å². The van der Waals surface area contributed by atoms with Gasteiger partial charge in [-0.3, -0.25) is 13.5 Å². The summed E-state index contributed by atoms with van der Waals surface area (Å²) in [5.41, 5.74) is 12.1. The predicted octanol–water partition coefficient (Wildman–Crippen LogP) is 6.93. The molecule has 286 valence electrons. The molecular formula is C40H38N8O7S. The van der Waals surface area contributed by atoms with Crippen LogP contribution >= 0.6 is 0 Å². The number of benzene rings is 4. The number of imidazole rings is 1. The summed E-state index contributed by atoms with van der Waals surface area (Å²) in [6, 6.07) is 32.9. The Hall–Kier alpha value is -6.00. The lowest BCUT2D eigenvalue weighted by molar-refractivity contribution is -0.162. The van der Waals surface area contributed by atoms with Crippen LogP contribution in [0.25, 0.3) is 21.6 Å². The van der Waals surface area contributed by atoms with E-state index in [0.717, 1.165) is 16.7 Å². The molecule has 1 fully saturated rings. The van der Waals surface area contributed by atoms with Gasteiger partial charge in [0.1, 0.15) is 30.3 Å². The SMILES string of the molecule is Cc1ccc(S(=O)(=O)OCC[C@]2(COCc3ccccc3)O[C@@H](n3cnc4c(NC(=O)c5ccccc5)ncnc43)[C@H](N=[N+]=[N-])[C@@H]2OCc2ccccc2)cc1. The number of azide groups is 1. The van der Waals surface area contributed by atoms with E-state index in [1.807, 2.05) is 73.7 Å². The first kappa shape index (κ1) is 38.3. The van der Waals surface area contributed by atoms with Crippen LogP contribution in [0.2, 0.25) is 0 Å². The Morgan fingerprint density at radius 1 is 0.911 bits per heavy atom. The molecule has 2 aromatic heterocycles. The summed E-state index contributed by atoms with van der Waals surface area (Å²) in [6.07, 6.45) is 0.595. The van der Waals surface area contributed by atoms with Gasteiger partial charge in [-0.05, 0) is 47.8 Å². The van der Waals surface area contributed by atoms with Crippen molar-refractivity contribution in [1.82, 2.24) is 19.5 Å². The highest BCUT2D eigenvalue weighted by molar-refractivity contribution is 7.86. The molecule has 0 aliphatic carbocycles. The number of ether oxygens (including phenoxy) is 3. The maximum atomic E-state index is 13.3. The normalized spacial score (nSPS) is 19.4. The second-order valence-corrected chi connectivity index (χ2v) is 14.8. The number of carbonyl (C=O) groups excluding carboxylic acids is 1. The van der Waals surface area contributed by atoms with Crippen molar-refractivity contribution in [2.45, 2.75) is 55.4 Å². The van der Waals surface area contributed by atoms with E-state index in [4.69, 9.17) is 18.4 Å². The number of fused-ring (bicyclic) bond motifs is 1. The number of aromatic nitrogens is 4. The van der Waals surface area contributed by atoms with Crippen molar-refractivity contribution in [3.05, 3.63) is 161 Å². The number of rotatable bonds is 16. The third kappa shape index (κ3) is 8.61. The fraction of sp³-hybridized carbons (Fsp3) is 0.250. The second kappa shape index (κ2) is 17.2. The Morgan fingerprint density at radius 2 is 1.57 bits per heavy atom. The standard InChI is InChI=1S/C40H38N8O7S/c1-28-17-19-32(20-18-28)56(50,51)54-22-21-40(25-52-23-29-11-5-2-6-12-29)35(53-24-30-13-7-3-8-14-30)33(46-47-41)39(55-40)48-27-44-34-36(42-26-43-37(34)48)45-38(49)31-15-9-4-10-16-31/h2-20,26-27,33,35,39H,21-25H2,1H3,(H,42,43,45,49)/t33-,35+,39-,40-/m1/s1. The van der Waals surface area contributed by atoms with Gasteiger partial charge in [-0.25, -0.2) is 15.0 Å². The Bertz CT molecular complexity index is 2410. The summed E-state index contributed by atoms with van der Waals surface area (Å²) in [4.78, 5) is 29.6. The molecule has 3 heterocycles. The lowest BCUT2D eigenvalue weighted by Gasteiger charge is -2.34. The van der Waals surface area contributed by atoms with Gasteiger partial charge >= 0.3 is 0 Å². The van der Waals surface area contributed by atoms with Crippen molar-refractivity contribution in [2.75, 3.05) is 18.5 Å². The van der Waals surface area contributed by atoms with Gasteiger partial charge < -0.3 is 19.5 Å². The molecule has 0 bridgehead atoms. The molecule has 1 aliphatic heterocycles. The Kier molecular flexibility index (Phi) is 11.8. The summed E-state index contributed by atoms with van der Waals surface area (Å²) in [7, 11) is -4.16. The monoisotopic (exact) mass is 774 g/mol. The largest absolute Gasteiger partial charge is 0.374 e. The molecule has 7 rings (SSSR count). The van der Waals surface area contributed by atoms with Crippen LogP contribution in [0.4, 0.5) is 5.82 Å².